The summed E-state index contributed by atoms with van der Waals surface area (Å²) in [7, 11) is 1.59. The molecule has 0 aliphatic carbocycles. The molecule has 1 N–H and O–H groups in total. The molecule has 0 rings (SSSR count). The van der Waals surface area contributed by atoms with Crippen LogP contribution in [0.25, 0.3) is 0 Å². The van der Waals surface area contributed by atoms with Gasteiger partial charge in [-0.05, 0) is 20.8 Å². The summed E-state index contributed by atoms with van der Waals surface area (Å²) in [4.78, 5) is 22.3. The summed E-state index contributed by atoms with van der Waals surface area (Å²) in [5.74, 6) is -0.512. The lowest BCUT2D eigenvalue weighted by molar-refractivity contribution is -0.144. The molecule has 0 saturated heterocycles. The van der Waals surface area contributed by atoms with Gasteiger partial charge in [0.1, 0.15) is 0 Å². The average molecular weight is 231 g/mol. The van der Waals surface area contributed by atoms with Crippen molar-refractivity contribution in [1.82, 2.24) is 5.32 Å². The first-order valence-corrected chi connectivity index (χ1v) is 5.38. The Morgan fingerprint density at radius 3 is 2.38 bits per heavy atom. The van der Waals surface area contributed by atoms with Crippen LogP contribution in [0, 0.1) is 0 Å². The Hall–Kier alpha value is -1.10. The van der Waals surface area contributed by atoms with Crippen LogP contribution >= 0.6 is 0 Å². The molecule has 0 spiro atoms. The fourth-order valence-corrected chi connectivity index (χ4v) is 0.921. The minimum atomic E-state index is -0.389. The highest BCUT2D eigenvalue weighted by Gasteiger charge is 2.17. The molecule has 0 saturated carbocycles. The van der Waals surface area contributed by atoms with E-state index >= 15 is 0 Å². The molecule has 94 valence electrons. The van der Waals surface area contributed by atoms with Crippen molar-refractivity contribution < 1.29 is 19.1 Å². The van der Waals surface area contributed by atoms with Gasteiger partial charge in [-0.2, -0.15) is 0 Å². The number of amides is 1. The molecule has 0 aromatic rings. The van der Waals surface area contributed by atoms with Crippen LogP contribution in [-0.2, 0) is 19.1 Å². The highest BCUT2D eigenvalue weighted by molar-refractivity contribution is 5.81. The number of hydrogen-bond acceptors (Lipinski definition) is 4. The van der Waals surface area contributed by atoms with Gasteiger partial charge in [0.05, 0.1) is 18.6 Å². The van der Waals surface area contributed by atoms with Gasteiger partial charge in [-0.1, -0.05) is 0 Å². The van der Waals surface area contributed by atoms with Crippen molar-refractivity contribution in [2.24, 2.45) is 0 Å². The van der Waals surface area contributed by atoms with Crippen molar-refractivity contribution in [3.63, 3.8) is 0 Å². The van der Waals surface area contributed by atoms with Crippen molar-refractivity contribution in [3.05, 3.63) is 0 Å². The summed E-state index contributed by atoms with van der Waals surface area (Å²) in [5.41, 5.74) is -0.389. The third-order valence-electron chi connectivity index (χ3n) is 2.13. The topological polar surface area (TPSA) is 64.6 Å². The average Bonchev–Trinajstić information content (AvgIpc) is 2.24. The zero-order valence-electron chi connectivity index (χ0n) is 10.5. The van der Waals surface area contributed by atoms with Crippen LogP contribution in [0.15, 0.2) is 0 Å². The summed E-state index contributed by atoms with van der Waals surface area (Å²) in [6.07, 6.45) is 0.270. The molecule has 0 bridgehead atoms. The van der Waals surface area contributed by atoms with Gasteiger partial charge in [0, 0.05) is 20.1 Å². The molecule has 0 atom stereocenters. The fourth-order valence-electron chi connectivity index (χ4n) is 0.921. The number of ether oxygens (including phenoxy) is 2. The first-order valence-electron chi connectivity index (χ1n) is 5.38. The molecule has 0 heterocycles. The molecule has 1 amide bonds. The molecule has 0 unspecified atom stereocenters. The van der Waals surface area contributed by atoms with E-state index in [9.17, 15) is 9.59 Å². The Morgan fingerprint density at radius 2 is 1.88 bits per heavy atom. The minimum absolute atomic E-state index is 0.118. The Kier molecular flexibility index (Phi) is 6.72. The number of esters is 1. The van der Waals surface area contributed by atoms with Crippen molar-refractivity contribution in [2.75, 3.05) is 20.3 Å². The third-order valence-corrected chi connectivity index (χ3v) is 2.13. The van der Waals surface area contributed by atoms with Gasteiger partial charge < -0.3 is 14.8 Å². The Morgan fingerprint density at radius 1 is 1.25 bits per heavy atom. The molecular weight excluding hydrogens is 210 g/mol. The van der Waals surface area contributed by atoms with Gasteiger partial charge in [0.2, 0.25) is 5.91 Å². The predicted molar refractivity (Wildman–Crippen MR) is 60.0 cm³/mol. The van der Waals surface area contributed by atoms with Gasteiger partial charge in [-0.25, -0.2) is 0 Å². The largest absolute Gasteiger partial charge is 0.466 e. The van der Waals surface area contributed by atoms with E-state index in [0.717, 1.165) is 0 Å². The maximum Gasteiger partial charge on any atom is 0.306 e. The minimum Gasteiger partial charge on any atom is -0.466 e. The Labute approximate surface area is 96.5 Å². The summed E-state index contributed by atoms with van der Waals surface area (Å²) in [5, 5.41) is 2.70. The van der Waals surface area contributed by atoms with Crippen molar-refractivity contribution in [1.29, 1.82) is 0 Å². The molecule has 0 aromatic heterocycles. The summed E-state index contributed by atoms with van der Waals surface area (Å²) < 4.78 is 9.86. The lowest BCUT2D eigenvalue weighted by Gasteiger charge is -2.22. The number of carbonyl (C=O) groups is 2. The SMILES string of the molecule is CCOC(=O)CCC(=O)NCC(C)(C)OC. The standard InChI is InChI=1S/C11H21NO4/c1-5-16-10(14)7-6-9(13)12-8-11(2,3)15-4/h5-8H2,1-4H3,(H,12,13). The van der Waals surface area contributed by atoms with E-state index in [2.05, 4.69) is 5.32 Å². The number of nitrogens with one attached hydrogen (secondary N) is 1. The normalized spacial score (nSPS) is 11.0. The first-order chi connectivity index (χ1) is 7.41. The molecule has 0 radical (unpaired) electrons. The van der Waals surface area contributed by atoms with Crippen LogP contribution in [0.4, 0.5) is 0 Å². The van der Waals surface area contributed by atoms with E-state index in [1.807, 2.05) is 13.8 Å². The summed E-state index contributed by atoms with van der Waals surface area (Å²) in [6, 6.07) is 0. The third kappa shape index (κ3) is 7.23. The van der Waals surface area contributed by atoms with Crippen LogP contribution in [-0.4, -0.2) is 37.7 Å². The van der Waals surface area contributed by atoms with Crippen molar-refractivity contribution >= 4 is 11.9 Å². The molecule has 5 heteroatoms. The molecular formula is C11H21NO4. The summed E-state index contributed by atoms with van der Waals surface area (Å²) >= 11 is 0. The Bertz CT molecular complexity index is 238. The molecule has 0 fully saturated rings. The van der Waals surface area contributed by atoms with E-state index in [1.54, 1.807) is 14.0 Å². The lowest BCUT2D eigenvalue weighted by Crippen LogP contribution is -2.39. The van der Waals surface area contributed by atoms with Crippen LogP contribution < -0.4 is 5.32 Å². The van der Waals surface area contributed by atoms with E-state index in [0.29, 0.717) is 13.2 Å². The van der Waals surface area contributed by atoms with Gasteiger partial charge in [-0.15, -0.1) is 0 Å². The smallest absolute Gasteiger partial charge is 0.306 e. The second-order valence-corrected chi connectivity index (χ2v) is 4.05. The first kappa shape index (κ1) is 14.9. The highest BCUT2D eigenvalue weighted by Crippen LogP contribution is 2.04. The molecule has 0 aromatic carbocycles. The van der Waals surface area contributed by atoms with Crippen molar-refractivity contribution in [2.45, 2.75) is 39.2 Å². The second-order valence-electron chi connectivity index (χ2n) is 4.05. The number of carbonyl (C=O) groups excluding carboxylic acids is 2. The lowest BCUT2D eigenvalue weighted by atomic mass is 10.1. The van der Waals surface area contributed by atoms with Crippen LogP contribution in [0.1, 0.15) is 33.6 Å². The van der Waals surface area contributed by atoms with Crippen LogP contribution in [0.2, 0.25) is 0 Å². The fraction of sp³-hybridized carbons (Fsp3) is 0.818. The van der Waals surface area contributed by atoms with E-state index in [1.165, 1.54) is 0 Å². The van der Waals surface area contributed by atoms with Crippen molar-refractivity contribution in [3.8, 4) is 0 Å². The maximum atomic E-state index is 11.3. The zero-order chi connectivity index (χ0) is 12.6. The number of hydrogen-bond donors (Lipinski definition) is 1. The van der Waals surface area contributed by atoms with Crippen LogP contribution in [0.5, 0.6) is 0 Å². The quantitative estimate of drug-likeness (QED) is 0.660. The zero-order valence-corrected chi connectivity index (χ0v) is 10.5. The highest BCUT2D eigenvalue weighted by atomic mass is 16.5. The molecule has 0 aliphatic heterocycles. The van der Waals surface area contributed by atoms with Gasteiger partial charge in [-0.3, -0.25) is 9.59 Å². The maximum absolute atomic E-state index is 11.3. The van der Waals surface area contributed by atoms with Gasteiger partial charge >= 0.3 is 5.97 Å². The Balaban J connectivity index is 3.71. The monoisotopic (exact) mass is 231 g/mol. The number of rotatable bonds is 7. The molecule has 0 aliphatic rings. The summed E-state index contributed by atoms with van der Waals surface area (Å²) in [6.45, 7) is 6.25. The second kappa shape index (κ2) is 7.22. The van der Waals surface area contributed by atoms with Gasteiger partial charge in [0.15, 0.2) is 0 Å². The van der Waals surface area contributed by atoms with Crippen LogP contribution in [0.3, 0.4) is 0 Å². The van der Waals surface area contributed by atoms with Gasteiger partial charge in [0.25, 0.3) is 0 Å². The van der Waals surface area contributed by atoms with E-state index < -0.39 is 0 Å². The number of methoxy groups -OCH3 is 1. The van der Waals surface area contributed by atoms with E-state index in [-0.39, 0.29) is 30.3 Å². The molecule has 16 heavy (non-hydrogen) atoms. The molecule has 5 nitrogen and oxygen atoms in total. The predicted octanol–water partition coefficient (Wildman–Crippen LogP) is 0.871. The van der Waals surface area contributed by atoms with E-state index in [4.69, 9.17) is 9.47 Å².